The molecular formula is C17H25N5O2. The van der Waals surface area contributed by atoms with E-state index in [0.29, 0.717) is 6.04 Å². The van der Waals surface area contributed by atoms with Gasteiger partial charge in [0, 0.05) is 31.7 Å². The van der Waals surface area contributed by atoms with Crippen molar-refractivity contribution in [2.75, 3.05) is 13.1 Å². The summed E-state index contributed by atoms with van der Waals surface area (Å²) in [5, 5.41) is 17.5. The van der Waals surface area contributed by atoms with E-state index in [9.17, 15) is 9.90 Å². The van der Waals surface area contributed by atoms with Crippen LogP contribution in [0.25, 0.3) is 0 Å². The molecule has 2 aromatic heterocycles. The Morgan fingerprint density at radius 3 is 2.71 bits per heavy atom. The summed E-state index contributed by atoms with van der Waals surface area (Å²) in [6.07, 6.45) is 8.00. The van der Waals surface area contributed by atoms with Crippen molar-refractivity contribution in [3.05, 3.63) is 36.4 Å². The first-order valence-corrected chi connectivity index (χ1v) is 8.54. The molecule has 3 heterocycles. The first-order valence-electron chi connectivity index (χ1n) is 8.54. The van der Waals surface area contributed by atoms with E-state index in [1.807, 2.05) is 42.5 Å². The molecule has 7 heteroatoms. The van der Waals surface area contributed by atoms with Crippen LogP contribution in [0.4, 0.5) is 0 Å². The molecule has 130 valence electrons. The summed E-state index contributed by atoms with van der Waals surface area (Å²) >= 11 is 0. The Morgan fingerprint density at radius 2 is 2.04 bits per heavy atom. The lowest BCUT2D eigenvalue weighted by atomic mass is 10.1. The van der Waals surface area contributed by atoms with E-state index < -0.39 is 0 Å². The van der Waals surface area contributed by atoms with Crippen LogP contribution in [0.3, 0.4) is 0 Å². The minimum atomic E-state index is -0.339. The number of carbonyl (C=O) groups is 1. The largest absolute Gasteiger partial charge is 0.393 e. The molecule has 24 heavy (non-hydrogen) atoms. The monoisotopic (exact) mass is 331 g/mol. The van der Waals surface area contributed by atoms with Gasteiger partial charge in [0.1, 0.15) is 6.04 Å². The third-order valence-electron chi connectivity index (χ3n) is 4.59. The molecule has 0 saturated carbocycles. The van der Waals surface area contributed by atoms with Gasteiger partial charge in [0.05, 0.1) is 17.8 Å². The van der Waals surface area contributed by atoms with Crippen molar-refractivity contribution in [2.24, 2.45) is 0 Å². The number of aliphatic hydroxyl groups is 1. The smallest absolute Gasteiger partial charge is 0.247 e. The molecule has 0 bridgehead atoms. The molecule has 1 N–H and O–H groups in total. The molecule has 0 radical (unpaired) electrons. The fraction of sp³-hybridized carbons (Fsp3) is 0.588. The van der Waals surface area contributed by atoms with Crippen LogP contribution in [0.1, 0.15) is 44.5 Å². The summed E-state index contributed by atoms with van der Waals surface area (Å²) in [5.41, 5.74) is 0.865. The zero-order valence-electron chi connectivity index (χ0n) is 14.2. The van der Waals surface area contributed by atoms with Gasteiger partial charge in [-0.15, -0.1) is 5.10 Å². The Labute approximate surface area is 141 Å². The summed E-state index contributed by atoms with van der Waals surface area (Å²) < 4.78 is 3.78. The van der Waals surface area contributed by atoms with Crippen molar-refractivity contribution in [3.63, 3.8) is 0 Å². The molecule has 0 unspecified atom stereocenters. The lowest BCUT2D eigenvalue weighted by molar-refractivity contribution is -0.140. The average molecular weight is 331 g/mol. The third kappa shape index (κ3) is 3.67. The average Bonchev–Trinajstić information content (AvgIpc) is 3.16. The maximum absolute atomic E-state index is 12.5. The Hall–Kier alpha value is -2.15. The third-order valence-corrected chi connectivity index (χ3v) is 4.59. The van der Waals surface area contributed by atoms with Crippen LogP contribution in [0.15, 0.2) is 30.7 Å². The van der Waals surface area contributed by atoms with E-state index >= 15 is 0 Å². The van der Waals surface area contributed by atoms with E-state index in [4.69, 9.17) is 0 Å². The highest BCUT2D eigenvalue weighted by molar-refractivity contribution is 5.80. The van der Waals surface area contributed by atoms with Gasteiger partial charge in [0.25, 0.3) is 0 Å². The number of aryl methyl sites for hydroxylation is 1. The zero-order valence-corrected chi connectivity index (χ0v) is 14.2. The maximum atomic E-state index is 12.5. The number of carbonyl (C=O) groups excluding carboxylic acids is 1. The van der Waals surface area contributed by atoms with Crippen molar-refractivity contribution in [3.8, 4) is 0 Å². The predicted molar refractivity (Wildman–Crippen MR) is 89.4 cm³/mol. The molecule has 0 aromatic carbocycles. The van der Waals surface area contributed by atoms with Gasteiger partial charge < -0.3 is 14.6 Å². The molecule has 1 saturated heterocycles. The second-order valence-corrected chi connectivity index (χ2v) is 6.63. The van der Waals surface area contributed by atoms with Gasteiger partial charge in [-0.05, 0) is 45.2 Å². The second kappa shape index (κ2) is 7.17. The summed E-state index contributed by atoms with van der Waals surface area (Å²) in [7, 11) is 0. The van der Waals surface area contributed by atoms with Crippen LogP contribution in [0.2, 0.25) is 0 Å². The molecule has 7 nitrogen and oxygen atoms in total. The Morgan fingerprint density at radius 1 is 1.33 bits per heavy atom. The van der Waals surface area contributed by atoms with Gasteiger partial charge in [-0.1, -0.05) is 5.21 Å². The Bertz CT molecular complexity index is 658. The van der Waals surface area contributed by atoms with Gasteiger partial charge in [-0.25, -0.2) is 4.68 Å². The standard InChI is InChI=1S/C17H25N5O2/c1-13(23)6-5-7-15-10-22(19-18-15)14(2)17(24)21-11-16(12-21)20-8-3-4-9-20/h3-4,8-10,13-14,16,23H,5-7,11-12H2,1-2H3/t13-,14+/m1/s1. The van der Waals surface area contributed by atoms with Crippen LogP contribution < -0.4 is 0 Å². The van der Waals surface area contributed by atoms with Crippen LogP contribution in [-0.4, -0.2) is 54.7 Å². The lowest BCUT2D eigenvalue weighted by Gasteiger charge is -2.41. The van der Waals surface area contributed by atoms with E-state index in [1.165, 1.54) is 0 Å². The van der Waals surface area contributed by atoms with E-state index in [0.717, 1.165) is 38.0 Å². The van der Waals surface area contributed by atoms with Gasteiger partial charge in [0.15, 0.2) is 0 Å². The molecular weight excluding hydrogens is 306 g/mol. The number of hydrogen-bond donors (Lipinski definition) is 1. The molecule has 1 aliphatic heterocycles. The normalized spacial score (nSPS) is 17.5. The summed E-state index contributed by atoms with van der Waals surface area (Å²) in [5.74, 6) is 0.0823. The minimum absolute atomic E-state index is 0.0823. The second-order valence-electron chi connectivity index (χ2n) is 6.63. The number of aliphatic hydroxyl groups excluding tert-OH is 1. The maximum Gasteiger partial charge on any atom is 0.247 e. The lowest BCUT2D eigenvalue weighted by Crippen LogP contribution is -2.52. The minimum Gasteiger partial charge on any atom is -0.393 e. The molecule has 0 aliphatic carbocycles. The summed E-state index contributed by atoms with van der Waals surface area (Å²) in [4.78, 5) is 14.4. The number of amides is 1. The molecule has 1 fully saturated rings. The van der Waals surface area contributed by atoms with Crippen LogP contribution >= 0.6 is 0 Å². The van der Waals surface area contributed by atoms with E-state index in [-0.39, 0.29) is 18.1 Å². The Balaban J connectivity index is 1.50. The zero-order chi connectivity index (χ0) is 17.1. The molecule has 0 spiro atoms. The highest BCUT2D eigenvalue weighted by Gasteiger charge is 2.34. The first-order chi connectivity index (χ1) is 11.5. The number of hydrogen-bond acceptors (Lipinski definition) is 4. The SMILES string of the molecule is C[C@@H](O)CCCc1cn([C@@H](C)C(=O)N2CC(n3cccc3)C2)nn1. The van der Waals surface area contributed by atoms with Crippen molar-refractivity contribution in [1.29, 1.82) is 0 Å². The quantitative estimate of drug-likeness (QED) is 0.833. The molecule has 2 aromatic rings. The number of rotatable bonds is 7. The number of nitrogens with zero attached hydrogens (tertiary/aromatic N) is 5. The molecule has 3 rings (SSSR count). The highest BCUT2D eigenvalue weighted by atomic mass is 16.3. The van der Waals surface area contributed by atoms with Crippen molar-refractivity contribution >= 4 is 5.91 Å². The molecule has 1 aliphatic rings. The highest BCUT2D eigenvalue weighted by Crippen LogP contribution is 2.24. The Kier molecular flexibility index (Phi) is 4.99. The number of aromatic nitrogens is 4. The summed E-state index contributed by atoms with van der Waals surface area (Å²) in [6.45, 7) is 5.13. The van der Waals surface area contributed by atoms with Crippen molar-refractivity contribution < 1.29 is 9.90 Å². The van der Waals surface area contributed by atoms with Gasteiger partial charge >= 0.3 is 0 Å². The van der Waals surface area contributed by atoms with Gasteiger partial charge in [0.2, 0.25) is 5.91 Å². The topological polar surface area (TPSA) is 76.2 Å². The van der Waals surface area contributed by atoms with Crippen LogP contribution in [0, 0.1) is 0 Å². The first kappa shape index (κ1) is 16.7. The van der Waals surface area contributed by atoms with E-state index in [2.05, 4.69) is 14.9 Å². The molecule has 2 atom stereocenters. The number of likely N-dealkylation sites (tertiary alicyclic amines) is 1. The molecule has 1 amide bonds. The van der Waals surface area contributed by atoms with Gasteiger partial charge in [-0.3, -0.25) is 4.79 Å². The fourth-order valence-corrected chi connectivity index (χ4v) is 2.99. The predicted octanol–water partition coefficient (Wildman–Crippen LogP) is 1.43. The summed E-state index contributed by atoms with van der Waals surface area (Å²) in [6, 6.07) is 4.04. The van der Waals surface area contributed by atoms with E-state index in [1.54, 1.807) is 11.6 Å². The van der Waals surface area contributed by atoms with Crippen molar-refractivity contribution in [2.45, 2.75) is 51.3 Å². The van der Waals surface area contributed by atoms with Crippen molar-refractivity contribution in [1.82, 2.24) is 24.5 Å². The fourth-order valence-electron chi connectivity index (χ4n) is 2.99. The van der Waals surface area contributed by atoms with Crippen LogP contribution in [0.5, 0.6) is 0 Å². The van der Waals surface area contributed by atoms with Crippen LogP contribution in [-0.2, 0) is 11.2 Å². The van der Waals surface area contributed by atoms with Gasteiger partial charge in [-0.2, -0.15) is 0 Å².